The third-order valence-corrected chi connectivity index (χ3v) is 2.08. The van der Waals surface area contributed by atoms with Crippen molar-refractivity contribution in [2.24, 2.45) is 5.92 Å². The van der Waals surface area contributed by atoms with E-state index in [2.05, 4.69) is 4.72 Å². The summed E-state index contributed by atoms with van der Waals surface area (Å²) < 4.78 is 23.5. The van der Waals surface area contributed by atoms with E-state index in [1.165, 1.54) is 6.26 Å². The van der Waals surface area contributed by atoms with Gasteiger partial charge in [0.25, 0.3) is 0 Å². The summed E-state index contributed by atoms with van der Waals surface area (Å²) in [5.74, 6) is 0.426. The van der Waals surface area contributed by atoms with Crippen LogP contribution in [0.3, 0.4) is 0 Å². The van der Waals surface area contributed by atoms with Gasteiger partial charge in [0, 0.05) is 6.54 Å². The molecule has 4 heteroatoms. The fourth-order valence-corrected chi connectivity index (χ4v) is 1.03. The van der Waals surface area contributed by atoms with Gasteiger partial charge in [-0.1, -0.05) is 20.3 Å². The average molecular weight is 165 g/mol. The number of hydrogen-bond acceptors (Lipinski definition) is 2. The van der Waals surface area contributed by atoms with Gasteiger partial charge in [0.1, 0.15) is 0 Å². The highest BCUT2D eigenvalue weighted by Gasteiger charge is 2.02. The molecule has 1 N–H and O–H groups in total. The molecule has 0 saturated carbocycles. The van der Waals surface area contributed by atoms with Crippen molar-refractivity contribution in [3.05, 3.63) is 0 Å². The Labute approximate surface area is 62.9 Å². The first-order chi connectivity index (χ1) is 4.45. The molecule has 0 bridgehead atoms. The molecule has 10 heavy (non-hydrogen) atoms. The van der Waals surface area contributed by atoms with Gasteiger partial charge in [0.2, 0.25) is 10.0 Å². The normalized spacial score (nSPS) is 15.1. The van der Waals surface area contributed by atoms with E-state index in [1.807, 2.05) is 13.8 Å². The Balaban J connectivity index is 3.56. The molecule has 0 rings (SSSR count). The lowest BCUT2D eigenvalue weighted by molar-refractivity contribution is 0.531. The smallest absolute Gasteiger partial charge is 0.208 e. The molecule has 0 aliphatic heterocycles. The van der Waals surface area contributed by atoms with Crippen LogP contribution in [0.5, 0.6) is 0 Å². The maximum Gasteiger partial charge on any atom is 0.208 e. The Morgan fingerprint density at radius 1 is 1.50 bits per heavy atom. The van der Waals surface area contributed by atoms with Crippen molar-refractivity contribution in [1.29, 1.82) is 0 Å². The van der Waals surface area contributed by atoms with E-state index >= 15 is 0 Å². The number of rotatable bonds is 4. The summed E-state index contributed by atoms with van der Waals surface area (Å²) in [5, 5.41) is 0. The van der Waals surface area contributed by atoms with Gasteiger partial charge in [-0.2, -0.15) is 0 Å². The van der Waals surface area contributed by atoms with E-state index in [1.54, 1.807) is 0 Å². The van der Waals surface area contributed by atoms with Crippen LogP contribution in [0.25, 0.3) is 0 Å². The zero-order chi connectivity index (χ0) is 8.20. The molecule has 0 aromatic heterocycles. The van der Waals surface area contributed by atoms with Crippen molar-refractivity contribution in [3.63, 3.8) is 0 Å². The van der Waals surface area contributed by atoms with Crippen LogP contribution in [0, 0.1) is 5.92 Å². The summed E-state index contributed by atoms with van der Waals surface area (Å²) in [6.07, 6.45) is 2.18. The Hall–Kier alpha value is -0.0900. The monoisotopic (exact) mass is 165 g/mol. The molecule has 1 atom stereocenters. The van der Waals surface area contributed by atoms with Crippen LogP contribution in [-0.4, -0.2) is 21.2 Å². The number of hydrogen-bond donors (Lipinski definition) is 1. The van der Waals surface area contributed by atoms with E-state index in [0.717, 1.165) is 6.42 Å². The van der Waals surface area contributed by atoms with Gasteiger partial charge in [0.15, 0.2) is 0 Å². The van der Waals surface area contributed by atoms with Gasteiger partial charge in [0.05, 0.1) is 6.26 Å². The minimum Gasteiger partial charge on any atom is -0.215 e. The van der Waals surface area contributed by atoms with Crippen LogP contribution in [-0.2, 0) is 10.0 Å². The van der Waals surface area contributed by atoms with Gasteiger partial charge in [-0.05, 0) is 5.92 Å². The molecule has 0 radical (unpaired) electrons. The number of sulfonamides is 1. The van der Waals surface area contributed by atoms with Crippen molar-refractivity contribution < 1.29 is 8.42 Å². The zero-order valence-electron chi connectivity index (χ0n) is 6.72. The summed E-state index contributed by atoms with van der Waals surface area (Å²) in [6.45, 7) is 4.60. The summed E-state index contributed by atoms with van der Waals surface area (Å²) in [6, 6.07) is 0. The Bertz CT molecular complexity index is 174. The van der Waals surface area contributed by atoms with E-state index < -0.39 is 10.0 Å². The highest BCUT2D eigenvalue weighted by molar-refractivity contribution is 7.88. The fourth-order valence-electron chi connectivity index (χ4n) is 0.438. The molecule has 62 valence electrons. The quantitative estimate of drug-likeness (QED) is 0.662. The molecular weight excluding hydrogens is 150 g/mol. The third kappa shape index (κ3) is 6.04. The van der Waals surface area contributed by atoms with Gasteiger partial charge >= 0.3 is 0 Å². The molecule has 0 amide bonds. The molecule has 3 nitrogen and oxygen atoms in total. The first-order valence-corrected chi connectivity index (χ1v) is 5.29. The van der Waals surface area contributed by atoms with E-state index in [4.69, 9.17) is 0 Å². The van der Waals surface area contributed by atoms with Crippen molar-refractivity contribution in [2.75, 3.05) is 12.8 Å². The first-order valence-electron chi connectivity index (χ1n) is 3.40. The van der Waals surface area contributed by atoms with Gasteiger partial charge in [-0.15, -0.1) is 0 Å². The lowest BCUT2D eigenvalue weighted by atomic mass is 10.1. The summed E-state index contributed by atoms with van der Waals surface area (Å²) in [7, 11) is -2.98. The standard InChI is InChI=1S/C6H15NO2S/c1-4-6(2)5-7-10(3,8)9/h6-7H,4-5H2,1-3H3. The van der Waals surface area contributed by atoms with Crippen molar-refractivity contribution >= 4 is 10.0 Å². The summed E-state index contributed by atoms with van der Waals surface area (Å²) in [5.41, 5.74) is 0. The molecule has 0 aromatic carbocycles. The lowest BCUT2D eigenvalue weighted by Crippen LogP contribution is -2.26. The Morgan fingerprint density at radius 2 is 2.00 bits per heavy atom. The Kier molecular flexibility index (Phi) is 3.89. The van der Waals surface area contributed by atoms with Crippen LogP contribution in [0.1, 0.15) is 20.3 Å². The highest BCUT2D eigenvalue weighted by atomic mass is 32.2. The SMILES string of the molecule is CCC(C)CNS(C)(=O)=O. The van der Waals surface area contributed by atoms with Crippen molar-refractivity contribution in [2.45, 2.75) is 20.3 Å². The maximum absolute atomic E-state index is 10.5. The van der Waals surface area contributed by atoms with Crippen LogP contribution in [0.4, 0.5) is 0 Å². The molecule has 0 aliphatic carbocycles. The molecular formula is C6H15NO2S. The topological polar surface area (TPSA) is 46.2 Å². The molecule has 0 spiro atoms. The second-order valence-electron chi connectivity index (χ2n) is 2.63. The molecule has 0 saturated heterocycles. The van der Waals surface area contributed by atoms with E-state index in [-0.39, 0.29) is 0 Å². The van der Waals surface area contributed by atoms with E-state index in [0.29, 0.717) is 12.5 Å². The van der Waals surface area contributed by atoms with Gasteiger partial charge in [-0.25, -0.2) is 13.1 Å². The minimum absolute atomic E-state index is 0.426. The van der Waals surface area contributed by atoms with Gasteiger partial charge < -0.3 is 0 Å². The maximum atomic E-state index is 10.5. The minimum atomic E-state index is -2.98. The van der Waals surface area contributed by atoms with Crippen LogP contribution >= 0.6 is 0 Å². The lowest BCUT2D eigenvalue weighted by Gasteiger charge is -2.07. The number of nitrogens with one attached hydrogen (secondary N) is 1. The highest BCUT2D eigenvalue weighted by Crippen LogP contribution is 1.97. The second-order valence-corrected chi connectivity index (χ2v) is 4.47. The van der Waals surface area contributed by atoms with Crippen LogP contribution in [0.15, 0.2) is 0 Å². The molecule has 0 aliphatic rings. The van der Waals surface area contributed by atoms with Crippen LogP contribution < -0.4 is 4.72 Å². The van der Waals surface area contributed by atoms with E-state index in [9.17, 15) is 8.42 Å². The van der Waals surface area contributed by atoms with Gasteiger partial charge in [-0.3, -0.25) is 0 Å². The first kappa shape index (κ1) is 9.91. The predicted molar refractivity (Wildman–Crippen MR) is 42.3 cm³/mol. The molecule has 0 heterocycles. The molecule has 0 fully saturated rings. The molecule has 1 unspecified atom stereocenters. The largest absolute Gasteiger partial charge is 0.215 e. The van der Waals surface area contributed by atoms with Crippen molar-refractivity contribution in [3.8, 4) is 0 Å². The third-order valence-electron chi connectivity index (χ3n) is 1.39. The zero-order valence-corrected chi connectivity index (χ0v) is 7.53. The fraction of sp³-hybridized carbons (Fsp3) is 1.00. The summed E-state index contributed by atoms with van der Waals surface area (Å²) in [4.78, 5) is 0. The second kappa shape index (κ2) is 3.93. The van der Waals surface area contributed by atoms with Crippen molar-refractivity contribution in [1.82, 2.24) is 4.72 Å². The van der Waals surface area contributed by atoms with Crippen LogP contribution in [0.2, 0.25) is 0 Å². The predicted octanol–water partition coefficient (Wildman–Crippen LogP) is 0.582. The average Bonchev–Trinajstić information content (AvgIpc) is 1.81. The summed E-state index contributed by atoms with van der Waals surface area (Å²) >= 11 is 0. The Morgan fingerprint density at radius 3 is 2.30 bits per heavy atom. The molecule has 0 aromatic rings.